The highest BCUT2D eigenvalue weighted by Crippen LogP contribution is 2.29. The number of oxazole rings is 1. The number of imidazole rings is 1. The van der Waals surface area contributed by atoms with Crippen LogP contribution >= 0.6 is 0 Å². The van der Waals surface area contributed by atoms with Gasteiger partial charge in [-0.3, -0.25) is 9.78 Å². The van der Waals surface area contributed by atoms with Crippen LogP contribution in [-0.2, 0) is 4.79 Å². The fourth-order valence-electron chi connectivity index (χ4n) is 4.40. The van der Waals surface area contributed by atoms with Crippen LogP contribution in [0.4, 0.5) is 11.5 Å². The maximum Gasteiger partial charge on any atom is 0.325 e. The van der Waals surface area contributed by atoms with Crippen molar-refractivity contribution in [3.63, 3.8) is 0 Å². The van der Waals surface area contributed by atoms with Crippen molar-refractivity contribution in [2.45, 2.75) is 18.4 Å². The Labute approximate surface area is 198 Å². The van der Waals surface area contributed by atoms with Crippen LogP contribution in [-0.4, -0.2) is 49.5 Å². The van der Waals surface area contributed by atoms with Crippen LogP contribution in [0.3, 0.4) is 0 Å². The van der Waals surface area contributed by atoms with E-state index in [1.54, 1.807) is 0 Å². The zero-order valence-corrected chi connectivity index (χ0v) is 18.6. The summed E-state index contributed by atoms with van der Waals surface area (Å²) in [5, 5.41) is 2.95. The second-order valence-corrected chi connectivity index (χ2v) is 8.66. The normalized spacial score (nSPS) is 15.5. The van der Waals surface area contributed by atoms with Gasteiger partial charge < -0.3 is 25.4 Å². The third kappa shape index (κ3) is 3.81. The molecule has 0 atom stereocenters. The molecule has 35 heavy (non-hydrogen) atoms. The molecule has 4 heterocycles. The number of hydrogen-bond donors (Lipinski definition) is 4. The van der Waals surface area contributed by atoms with Crippen molar-refractivity contribution in [3.8, 4) is 11.5 Å². The molecular weight excluding hydrogens is 448 g/mol. The molecule has 6 rings (SSSR count). The van der Waals surface area contributed by atoms with E-state index in [1.165, 1.54) is 6.33 Å². The lowest BCUT2D eigenvalue weighted by Crippen LogP contribution is -2.58. The number of aromatic amines is 2. The third-order valence-electron chi connectivity index (χ3n) is 6.37. The zero-order chi connectivity index (χ0) is 24.0. The largest absolute Gasteiger partial charge is 0.436 e. The molecule has 3 aromatic heterocycles. The number of nitrogens with zero attached hydrogens (tertiary/aromatic N) is 4. The average Bonchev–Trinajstić information content (AvgIpc) is 3.47. The predicted molar refractivity (Wildman–Crippen MR) is 131 cm³/mol. The number of fused-ring (bicyclic) bond motifs is 2. The molecule has 11 heteroatoms. The molecule has 0 spiro atoms. The van der Waals surface area contributed by atoms with Gasteiger partial charge in [-0.15, -0.1) is 0 Å². The summed E-state index contributed by atoms with van der Waals surface area (Å²) in [5.74, 6) is 0.841. The standard InChI is InChI=1S/C24H22N8O3/c25-24(8-10-32(11-9-24)20-18-19(26-13-27-20)31-23(34)30-18)22(33)28-15-5-3-4-14(12-15)21-29-16-6-1-2-7-17(16)35-21/h1-7,12-13H,8-11,25H2,(H,28,33)(H2,26,27,30,31,34). The van der Waals surface area contributed by atoms with Crippen molar-refractivity contribution in [3.05, 3.63) is 65.3 Å². The predicted octanol–water partition coefficient (Wildman–Crippen LogP) is 2.39. The number of rotatable bonds is 4. The molecule has 0 aliphatic carbocycles. The lowest BCUT2D eigenvalue weighted by atomic mass is 9.87. The monoisotopic (exact) mass is 470 g/mol. The Morgan fingerprint density at radius 3 is 2.74 bits per heavy atom. The summed E-state index contributed by atoms with van der Waals surface area (Å²) >= 11 is 0. The van der Waals surface area contributed by atoms with E-state index in [9.17, 15) is 9.59 Å². The molecule has 1 aliphatic rings. The van der Waals surface area contributed by atoms with Crippen molar-refractivity contribution >= 4 is 39.7 Å². The molecule has 1 aliphatic heterocycles. The summed E-state index contributed by atoms with van der Waals surface area (Å²) in [7, 11) is 0. The topological polar surface area (TPSA) is 159 Å². The number of hydrogen-bond acceptors (Lipinski definition) is 8. The molecule has 1 fully saturated rings. The van der Waals surface area contributed by atoms with Gasteiger partial charge in [0.1, 0.15) is 17.4 Å². The minimum Gasteiger partial charge on any atom is -0.436 e. The van der Waals surface area contributed by atoms with E-state index in [0.29, 0.717) is 60.1 Å². The molecule has 176 valence electrons. The minimum absolute atomic E-state index is 0.255. The second kappa shape index (κ2) is 8.06. The summed E-state index contributed by atoms with van der Waals surface area (Å²) < 4.78 is 5.85. The first-order valence-corrected chi connectivity index (χ1v) is 11.2. The van der Waals surface area contributed by atoms with Gasteiger partial charge in [0.15, 0.2) is 17.0 Å². The van der Waals surface area contributed by atoms with Gasteiger partial charge in [0.2, 0.25) is 11.8 Å². The first kappa shape index (κ1) is 21.1. The highest BCUT2D eigenvalue weighted by Gasteiger charge is 2.38. The Kier molecular flexibility index (Phi) is 4.85. The van der Waals surface area contributed by atoms with Crippen molar-refractivity contribution in [1.82, 2.24) is 24.9 Å². The van der Waals surface area contributed by atoms with Crippen LogP contribution in [0, 0.1) is 0 Å². The van der Waals surface area contributed by atoms with Crippen LogP contribution in [0.2, 0.25) is 0 Å². The number of H-pyrrole nitrogens is 2. The number of carbonyl (C=O) groups excluding carboxylic acids is 1. The lowest BCUT2D eigenvalue weighted by molar-refractivity contribution is -0.121. The first-order chi connectivity index (χ1) is 17.0. The summed E-state index contributed by atoms with van der Waals surface area (Å²) in [6.07, 6.45) is 2.25. The number of para-hydroxylation sites is 2. The Hall–Kier alpha value is -4.51. The number of anilines is 2. The molecule has 5 aromatic rings. The molecule has 0 saturated carbocycles. The van der Waals surface area contributed by atoms with Crippen molar-refractivity contribution in [2.24, 2.45) is 5.73 Å². The third-order valence-corrected chi connectivity index (χ3v) is 6.37. The van der Waals surface area contributed by atoms with Gasteiger partial charge in [-0.2, -0.15) is 0 Å². The van der Waals surface area contributed by atoms with Crippen LogP contribution < -0.4 is 21.6 Å². The minimum atomic E-state index is -1.04. The molecule has 11 nitrogen and oxygen atoms in total. The maximum atomic E-state index is 13.2. The second-order valence-electron chi connectivity index (χ2n) is 8.66. The fraction of sp³-hybridized carbons (Fsp3) is 0.208. The summed E-state index contributed by atoms with van der Waals surface area (Å²) in [4.78, 5) is 45.1. The van der Waals surface area contributed by atoms with Gasteiger partial charge in [0.05, 0.1) is 5.54 Å². The summed E-state index contributed by atoms with van der Waals surface area (Å²) in [6.45, 7) is 1.01. The van der Waals surface area contributed by atoms with Crippen LogP contribution in [0.5, 0.6) is 0 Å². The van der Waals surface area contributed by atoms with Gasteiger partial charge >= 0.3 is 5.69 Å². The number of nitrogens with one attached hydrogen (secondary N) is 3. The van der Waals surface area contributed by atoms with Gasteiger partial charge in [-0.05, 0) is 43.2 Å². The van der Waals surface area contributed by atoms with E-state index in [4.69, 9.17) is 10.2 Å². The van der Waals surface area contributed by atoms with Crippen molar-refractivity contribution in [1.29, 1.82) is 0 Å². The van der Waals surface area contributed by atoms with Crippen LogP contribution in [0.1, 0.15) is 12.8 Å². The molecule has 1 saturated heterocycles. The van der Waals surface area contributed by atoms with Gasteiger partial charge in [0, 0.05) is 24.3 Å². The van der Waals surface area contributed by atoms with E-state index in [2.05, 4.69) is 30.2 Å². The SMILES string of the molecule is NC1(C(=O)Nc2cccc(-c3nc4ccccc4o3)c2)CCN(c2ncnc3[nH]c(=O)[nH]c23)CC1. The molecule has 0 bridgehead atoms. The quantitative estimate of drug-likeness (QED) is 0.312. The number of amides is 1. The zero-order valence-electron chi connectivity index (χ0n) is 18.6. The Morgan fingerprint density at radius 1 is 1.09 bits per heavy atom. The van der Waals surface area contributed by atoms with E-state index in [0.717, 1.165) is 11.1 Å². The van der Waals surface area contributed by atoms with E-state index in [-0.39, 0.29) is 11.6 Å². The van der Waals surface area contributed by atoms with Gasteiger partial charge in [-0.25, -0.2) is 19.7 Å². The smallest absolute Gasteiger partial charge is 0.325 e. The highest BCUT2D eigenvalue weighted by molar-refractivity contribution is 5.98. The number of nitrogens with two attached hydrogens (primary N) is 1. The number of piperidine rings is 1. The first-order valence-electron chi connectivity index (χ1n) is 11.2. The molecule has 2 aromatic carbocycles. The molecule has 5 N–H and O–H groups in total. The highest BCUT2D eigenvalue weighted by atomic mass is 16.3. The molecule has 1 amide bonds. The molecule has 0 radical (unpaired) electrons. The van der Waals surface area contributed by atoms with Crippen LogP contribution in [0.15, 0.2) is 64.1 Å². The fourth-order valence-corrected chi connectivity index (χ4v) is 4.40. The number of benzene rings is 2. The summed E-state index contributed by atoms with van der Waals surface area (Å²) in [5.41, 5.74) is 9.00. The number of carbonyl (C=O) groups is 1. The van der Waals surface area contributed by atoms with Crippen molar-refractivity contribution in [2.75, 3.05) is 23.3 Å². The Morgan fingerprint density at radius 2 is 1.91 bits per heavy atom. The Balaban J connectivity index is 1.17. The van der Waals surface area contributed by atoms with Crippen molar-refractivity contribution < 1.29 is 9.21 Å². The number of aromatic nitrogens is 5. The van der Waals surface area contributed by atoms with E-state index < -0.39 is 5.54 Å². The average molecular weight is 470 g/mol. The lowest BCUT2D eigenvalue weighted by Gasteiger charge is -2.38. The van der Waals surface area contributed by atoms with Crippen LogP contribution in [0.25, 0.3) is 33.7 Å². The Bertz CT molecular complexity index is 1580. The summed E-state index contributed by atoms with van der Waals surface area (Å²) in [6, 6.07) is 14.9. The molecular formula is C24H22N8O3. The van der Waals surface area contributed by atoms with Gasteiger partial charge in [-0.1, -0.05) is 18.2 Å². The van der Waals surface area contributed by atoms with E-state index in [1.807, 2.05) is 53.4 Å². The van der Waals surface area contributed by atoms with Gasteiger partial charge in [0.25, 0.3) is 0 Å². The van der Waals surface area contributed by atoms with E-state index >= 15 is 0 Å². The maximum absolute atomic E-state index is 13.2. The molecule has 0 unspecified atom stereocenters.